The molecule has 3 saturated heterocycles. The summed E-state index contributed by atoms with van der Waals surface area (Å²) in [5.41, 5.74) is -0.144. The molecule has 0 atom stereocenters. The third-order valence-electron chi connectivity index (χ3n) is 9.56. The van der Waals surface area contributed by atoms with Gasteiger partial charge in [0, 0.05) is 50.5 Å². The van der Waals surface area contributed by atoms with Gasteiger partial charge in [0.05, 0.1) is 42.9 Å². The van der Waals surface area contributed by atoms with E-state index in [0.29, 0.717) is 69.3 Å². The maximum atomic E-state index is 14.4. The standard InChI is InChI=1S/C33H35F2N5O4/c34-29-13-24(16-37)14-30(35)28(29)20-38-10-8-33(9-11-38)21-40(32(42)44-33)17-22-4-6-25(7-5-22)31(41)39-18-27(19-39)43-26-3-1-2-23(12-26)15-36/h1-3,12-14,22,25,27H,4-11,17-21H2. The lowest BCUT2D eigenvalue weighted by Gasteiger charge is -2.42. The number of likely N-dealkylation sites (tertiary alicyclic amines) is 2. The smallest absolute Gasteiger partial charge is 0.410 e. The zero-order chi connectivity index (χ0) is 30.8. The number of rotatable bonds is 7. The summed E-state index contributed by atoms with van der Waals surface area (Å²) in [6.45, 7) is 3.39. The number of ether oxygens (including phenoxy) is 2. The average molecular weight is 604 g/mol. The zero-order valence-electron chi connectivity index (χ0n) is 24.5. The molecule has 9 nitrogen and oxygen atoms in total. The van der Waals surface area contributed by atoms with Crippen molar-refractivity contribution in [3.05, 3.63) is 64.7 Å². The summed E-state index contributed by atoms with van der Waals surface area (Å²) in [5.74, 6) is -0.341. The van der Waals surface area contributed by atoms with E-state index in [2.05, 4.69) is 6.07 Å². The summed E-state index contributed by atoms with van der Waals surface area (Å²) in [4.78, 5) is 31.5. The quantitative estimate of drug-likeness (QED) is 0.455. The van der Waals surface area contributed by atoms with Crippen LogP contribution in [0.15, 0.2) is 36.4 Å². The number of carbonyl (C=O) groups excluding carboxylic acids is 2. The second-order valence-corrected chi connectivity index (χ2v) is 12.6. The fraction of sp³-hybridized carbons (Fsp3) is 0.515. The monoisotopic (exact) mass is 603 g/mol. The summed E-state index contributed by atoms with van der Waals surface area (Å²) in [6.07, 6.45) is 4.12. The highest BCUT2D eigenvalue weighted by Crippen LogP contribution is 2.37. The normalized spacial score (nSPS) is 23.5. The Morgan fingerprint density at radius 3 is 2.34 bits per heavy atom. The van der Waals surface area contributed by atoms with Crippen LogP contribution < -0.4 is 4.74 Å². The van der Waals surface area contributed by atoms with Crippen LogP contribution >= 0.6 is 0 Å². The number of nitrogens with zero attached hydrogens (tertiary/aromatic N) is 5. The second kappa shape index (κ2) is 12.4. The lowest BCUT2D eigenvalue weighted by atomic mass is 9.80. The van der Waals surface area contributed by atoms with Gasteiger partial charge in [0.25, 0.3) is 0 Å². The summed E-state index contributed by atoms with van der Waals surface area (Å²) in [7, 11) is 0. The van der Waals surface area contributed by atoms with Crippen LogP contribution in [0.3, 0.4) is 0 Å². The molecular weight excluding hydrogens is 568 g/mol. The molecule has 230 valence electrons. The van der Waals surface area contributed by atoms with Gasteiger partial charge in [0.1, 0.15) is 29.1 Å². The van der Waals surface area contributed by atoms with Crippen LogP contribution in [0.4, 0.5) is 13.6 Å². The summed E-state index contributed by atoms with van der Waals surface area (Å²) in [5, 5.41) is 18.0. The second-order valence-electron chi connectivity index (χ2n) is 12.6. The maximum absolute atomic E-state index is 14.4. The Bertz CT molecular complexity index is 1480. The molecule has 4 aliphatic rings. The molecule has 44 heavy (non-hydrogen) atoms. The number of halogens is 2. The number of benzene rings is 2. The van der Waals surface area contributed by atoms with Crippen LogP contribution in [0.1, 0.15) is 55.2 Å². The third-order valence-corrected chi connectivity index (χ3v) is 9.56. The van der Waals surface area contributed by atoms with E-state index in [1.165, 1.54) is 0 Å². The van der Waals surface area contributed by atoms with Gasteiger partial charge in [-0.1, -0.05) is 6.07 Å². The van der Waals surface area contributed by atoms with Crippen molar-refractivity contribution in [2.75, 3.05) is 39.3 Å². The van der Waals surface area contributed by atoms with Crippen molar-refractivity contribution in [3.63, 3.8) is 0 Å². The maximum Gasteiger partial charge on any atom is 0.410 e. The number of carbonyl (C=O) groups is 2. The fourth-order valence-electron chi connectivity index (χ4n) is 6.94. The fourth-order valence-corrected chi connectivity index (χ4v) is 6.94. The predicted octanol–water partition coefficient (Wildman–Crippen LogP) is 4.59. The lowest BCUT2D eigenvalue weighted by molar-refractivity contribution is -0.145. The van der Waals surface area contributed by atoms with E-state index in [0.717, 1.165) is 37.8 Å². The summed E-state index contributed by atoms with van der Waals surface area (Å²) < 4.78 is 40.6. The van der Waals surface area contributed by atoms with Crippen molar-refractivity contribution < 1.29 is 27.8 Å². The lowest BCUT2D eigenvalue weighted by Crippen LogP contribution is -2.57. The average Bonchev–Trinajstić information content (AvgIpc) is 3.31. The largest absolute Gasteiger partial charge is 0.487 e. The van der Waals surface area contributed by atoms with Gasteiger partial charge in [-0.3, -0.25) is 9.69 Å². The van der Waals surface area contributed by atoms with Crippen molar-refractivity contribution in [2.24, 2.45) is 11.8 Å². The zero-order valence-corrected chi connectivity index (χ0v) is 24.5. The summed E-state index contributed by atoms with van der Waals surface area (Å²) in [6, 6.07) is 13.0. The number of hydrogen-bond donors (Lipinski definition) is 0. The number of amides is 2. The van der Waals surface area contributed by atoms with Gasteiger partial charge >= 0.3 is 6.09 Å². The van der Waals surface area contributed by atoms with Crippen molar-refractivity contribution >= 4 is 12.0 Å². The molecule has 1 saturated carbocycles. The van der Waals surface area contributed by atoms with Crippen LogP contribution in [0.5, 0.6) is 5.75 Å². The van der Waals surface area contributed by atoms with E-state index in [4.69, 9.17) is 20.0 Å². The molecule has 6 rings (SSSR count). The van der Waals surface area contributed by atoms with Gasteiger partial charge in [-0.25, -0.2) is 13.6 Å². The van der Waals surface area contributed by atoms with Crippen molar-refractivity contribution in [2.45, 2.75) is 56.8 Å². The van der Waals surface area contributed by atoms with E-state index >= 15 is 0 Å². The Labute approximate surface area is 255 Å². The van der Waals surface area contributed by atoms with Gasteiger partial charge in [-0.15, -0.1) is 0 Å². The molecule has 2 aromatic rings. The van der Waals surface area contributed by atoms with Gasteiger partial charge in [-0.2, -0.15) is 10.5 Å². The Morgan fingerprint density at radius 2 is 1.68 bits per heavy atom. The summed E-state index contributed by atoms with van der Waals surface area (Å²) >= 11 is 0. The van der Waals surface area contributed by atoms with Gasteiger partial charge < -0.3 is 19.3 Å². The van der Waals surface area contributed by atoms with E-state index in [1.807, 2.05) is 15.9 Å². The first-order valence-electron chi connectivity index (χ1n) is 15.3. The first-order chi connectivity index (χ1) is 21.2. The van der Waals surface area contributed by atoms with E-state index in [1.54, 1.807) is 29.2 Å². The molecule has 1 spiro atoms. The van der Waals surface area contributed by atoms with Crippen LogP contribution in [0.25, 0.3) is 0 Å². The molecule has 11 heteroatoms. The molecule has 0 aromatic heterocycles. The minimum atomic E-state index is -0.723. The van der Waals surface area contributed by atoms with Crippen LogP contribution in [-0.2, 0) is 16.1 Å². The molecule has 0 radical (unpaired) electrons. The van der Waals surface area contributed by atoms with E-state index in [-0.39, 0.29) is 41.7 Å². The number of piperidine rings is 1. The molecule has 4 fully saturated rings. The third kappa shape index (κ3) is 6.34. The predicted molar refractivity (Wildman–Crippen MR) is 154 cm³/mol. The minimum Gasteiger partial charge on any atom is -0.487 e. The minimum absolute atomic E-state index is 0.0129. The van der Waals surface area contributed by atoms with Crippen LogP contribution in [-0.4, -0.2) is 77.7 Å². The van der Waals surface area contributed by atoms with Crippen molar-refractivity contribution in [1.82, 2.24) is 14.7 Å². The van der Waals surface area contributed by atoms with E-state index < -0.39 is 17.2 Å². The van der Waals surface area contributed by atoms with Gasteiger partial charge in [0.15, 0.2) is 0 Å². The molecule has 3 heterocycles. The highest BCUT2D eigenvalue weighted by atomic mass is 19.1. The number of hydrogen-bond acceptors (Lipinski definition) is 7. The Kier molecular flexibility index (Phi) is 8.42. The first kappa shape index (κ1) is 29.8. The van der Waals surface area contributed by atoms with Gasteiger partial charge in [0.2, 0.25) is 5.91 Å². The number of nitriles is 2. The highest BCUT2D eigenvalue weighted by molar-refractivity contribution is 5.80. The highest BCUT2D eigenvalue weighted by Gasteiger charge is 2.47. The molecule has 0 bridgehead atoms. The molecule has 2 amide bonds. The first-order valence-corrected chi connectivity index (χ1v) is 15.3. The molecule has 3 aliphatic heterocycles. The van der Waals surface area contributed by atoms with E-state index in [9.17, 15) is 18.4 Å². The SMILES string of the molecule is N#Cc1cccc(OC2CN(C(=O)C3CCC(CN4CC5(CCN(Cc6c(F)cc(C#N)cc6F)CC5)OC4=O)CC3)C2)c1. The molecule has 1 aliphatic carbocycles. The molecule has 2 aromatic carbocycles. The molecular formula is C33H35F2N5O4. The Morgan fingerprint density at radius 1 is 1.00 bits per heavy atom. The van der Waals surface area contributed by atoms with Gasteiger partial charge in [-0.05, 0) is 61.9 Å². The van der Waals surface area contributed by atoms with Crippen LogP contribution in [0, 0.1) is 46.1 Å². The topological polar surface area (TPSA) is 110 Å². The molecule has 0 N–H and O–H groups in total. The Hall–Kier alpha value is -4.22. The van der Waals surface area contributed by atoms with Crippen molar-refractivity contribution in [1.29, 1.82) is 10.5 Å². The Balaban J connectivity index is 0.925. The molecule has 0 unspecified atom stereocenters. The van der Waals surface area contributed by atoms with Crippen molar-refractivity contribution in [3.8, 4) is 17.9 Å². The van der Waals surface area contributed by atoms with Crippen LogP contribution in [0.2, 0.25) is 0 Å².